The van der Waals surface area contributed by atoms with Crippen molar-refractivity contribution >= 4 is 49.8 Å². The number of carbonyl (C=O) groups is 1. The van der Waals surface area contributed by atoms with E-state index in [1.165, 1.54) is 16.4 Å². The zero-order valence-corrected chi connectivity index (χ0v) is 13.7. The van der Waals surface area contributed by atoms with Crippen molar-refractivity contribution in [1.29, 1.82) is 0 Å². The second-order valence-corrected chi connectivity index (χ2v) is 7.07. The minimum Gasteiger partial charge on any atom is -0.462 e. The summed E-state index contributed by atoms with van der Waals surface area (Å²) in [5, 5.41) is 4.01. The van der Waals surface area contributed by atoms with Crippen molar-refractivity contribution in [3.63, 3.8) is 0 Å². The third-order valence-corrected chi connectivity index (χ3v) is 4.91. The van der Waals surface area contributed by atoms with Crippen LogP contribution in [0, 0.1) is 6.92 Å². The standard InChI is InChI=1S/C12H13BrN2O2S2/c1-3-17-12(16)10-7(2)15-19-11(10)14-6-8-4-5-9(13)18-8/h4-5,14H,3,6H2,1-2H3. The van der Waals surface area contributed by atoms with Gasteiger partial charge in [0.25, 0.3) is 0 Å². The first kappa shape index (κ1) is 14.5. The summed E-state index contributed by atoms with van der Waals surface area (Å²) in [7, 11) is 0. The third-order valence-electron chi connectivity index (χ3n) is 2.39. The predicted octanol–water partition coefficient (Wildman–Crippen LogP) is 4.06. The van der Waals surface area contributed by atoms with Gasteiger partial charge in [0.1, 0.15) is 10.6 Å². The number of carbonyl (C=O) groups excluding carboxylic acids is 1. The van der Waals surface area contributed by atoms with E-state index in [0.717, 1.165) is 8.79 Å². The predicted molar refractivity (Wildman–Crippen MR) is 82.2 cm³/mol. The van der Waals surface area contributed by atoms with E-state index in [-0.39, 0.29) is 5.97 Å². The van der Waals surface area contributed by atoms with Crippen LogP contribution in [0.25, 0.3) is 0 Å². The van der Waals surface area contributed by atoms with Gasteiger partial charge >= 0.3 is 5.97 Å². The van der Waals surface area contributed by atoms with Crippen molar-refractivity contribution in [3.8, 4) is 0 Å². The maximum absolute atomic E-state index is 11.9. The summed E-state index contributed by atoms with van der Waals surface area (Å²) in [6.45, 7) is 4.65. The van der Waals surface area contributed by atoms with E-state index >= 15 is 0 Å². The number of nitrogens with one attached hydrogen (secondary N) is 1. The fourth-order valence-electron chi connectivity index (χ4n) is 1.55. The average Bonchev–Trinajstić information content (AvgIpc) is 2.93. The number of anilines is 1. The lowest BCUT2D eigenvalue weighted by Crippen LogP contribution is -2.08. The van der Waals surface area contributed by atoms with Crippen molar-refractivity contribution in [1.82, 2.24) is 4.37 Å². The molecule has 2 heterocycles. The second kappa shape index (κ2) is 6.49. The largest absolute Gasteiger partial charge is 0.462 e. The summed E-state index contributed by atoms with van der Waals surface area (Å²) in [6, 6.07) is 4.05. The van der Waals surface area contributed by atoms with E-state index in [9.17, 15) is 4.79 Å². The summed E-state index contributed by atoms with van der Waals surface area (Å²) in [6.07, 6.45) is 0. The van der Waals surface area contributed by atoms with Crippen LogP contribution in [0.1, 0.15) is 27.9 Å². The highest BCUT2D eigenvalue weighted by molar-refractivity contribution is 9.11. The Morgan fingerprint density at radius 2 is 2.32 bits per heavy atom. The SMILES string of the molecule is CCOC(=O)c1c(C)nsc1NCc1ccc(Br)s1. The Balaban J connectivity index is 2.10. The third kappa shape index (κ3) is 3.55. The molecule has 2 rings (SSSR count). The van der Waals surface area contributed by atoms with Gasteiger partial charge in [-0.2, -0.15) is 4.37 Å². The highest BCUT2D eigenvalue weighted by Gasteiger charge is 2.19. The van der Waals surface area contributed by atoms with Gasteiger partial charge in [-0.05, 0) is 53.4 Å². The van der Waals surface area contributed by atoms with Gasteiger partial charge in [0.05, 0.1) is 22.6 Å². The Morgan fingerprint density at radius 1 is 1.53 bits per heavy atom. The minimum absolute atomic E-state index is 0.316. The van der Waals surface area contributed by atoms with Crippen molar-refractivity contribution in [2.45, 2.75) is 20.4 Å². The molecular weight excluding hydrogens is 348 g/mol. The molecule has 0 saturated heterocycles. The van der Waals surface area contributed by atoms with E-state index in [1.807, 2.05) is 19.1 Å². The molecule has 0 bridgehead atoms. The fraction of sp³-hybridized carbons (Fsp3) is 0.333. The molecule has 19 heavy (non-hydrogen) atoms. The number of hydrogen-bond acceptors (Lipinski definition) is 6. The molecule has 4 nitrogen and oxygen atoms in total. The Hall–Kier alpha value is -0.920. The zero-order valence-electron chi connectivity index (χ0n) is 10.5. The molecule has 0 unspecified atom stereocenters. The maximum atomic E-state index is 11.9. The molecule has 0 saturated carbocycles. The van der Waals surface area contributed by atoms with Crippen LogP contribution in [-0.4, -0.2) is 16.9 Å². The van der Waals surface area contributed by atoms with Gasteiger partial charge in [-0.3, -0.25) is 0 Å². The molecule has 0 radical (unpaired) electrons. The fourth-order valence-corrected chi connectivity index (χ4v) is 3.75. The number of esters is 1. The summed E-state index contributed by atoms with van der Waals surface area (Å²) in [5.41, 5.74) is 1.25. The van der Waals surface area contributed by atoms with Crippen LogP contribution in [-0.2, 0) is 11.3 Å². The molecule has 0 amide bonds. The molecule has 0 atom stereocenters. The normalized spacial score (nSPS) is 10.5. The molecule has 1 N–H and O–H groups in total. The number of rotatable bonds is 5. The topological polar surface area (TPSA) is 51.2 Å². The van der Waals surface area contributed by atoms with Crippen LogP contribution in [0.2, 0.25) is 0 Å². The van der Waals surface area contributed by atoms with Gasteiger partial charge in [-0.15, -0.1) is 11.3 Å². The van der Waals surface area contributed by atoms with Gasteiger partial charge in [0.2, 0.25) is 0 Å². The number of hydrogen-bond donors (Lipinski definition) is 1. The van der Waals surface area contributed by atoms with Gasteiger partial charge in [-0.25, -0.2) is 4.79 Å². The van der Waals surface area contributed by atoms with Gasteiger partial charge < -0.3 is 10.1 Å². The van der Waals surface area contributed by atoms with Gasteiger partial charge in [0.15, 0.2) is 0 Å². The van der Waals surface area contributed by atoms with Gasteiger partial charge in [-0.1, -0.05) is 0 Å². The molecule has 0 aliphatic rings. The number of thiophene rings is 1. The van der Waals surface area contributed by atoms with E-state index in [2.05, 4.69) is 25.6 Å². The molecule has 0 fully saturated rings. The quantitative estimate of drug-likeness (QED) is 0.816. The van der Waals surface area contributed by atoms with Crippen LogP contribution in [0.15, 0.2) is 15.9 Å². The van der Waals surface area contributed by atoms with Crippen LogP contribution < -0.4 is 5.32 Å². The number of ether oxygens (including phenoxy) is 1. The van der Waals surface area contributed by atoms with Crippen LogP contribution in [0.3, 0.4) is 0 Å². The first-order valence-electron chi connectivity index (χ1n) is 5.73. The summed E-state index contributed by atoms with van der Waals surface area (Å²) in [4.78, 5) is 13.1. The molecule has 0 aliphatic carbocycles. The Kier molecular flexibility index (Phi) is 4.95. The molecule has 2 aromatic heterocycles. The zero-order chi connectivity index (χ0) is 13.8. The van der Waals surface area contributed by atoms with Crippen molar-refractivity contribution in [2.75, 3.05) is 11.9 Å². The molecule has 0 aromatic carbocycles. The van der Waals surface area contributed by atoms with Crippen molar-refractivity contribution in [2.24, 2.45) is 0 Å². The maximum Gasteiger partial charge on any atom is 0.343 e. The summed E-state index contributed by atoms with van der Waals surface area (Å²) < 4.78 is 10.3. The Bertz CT molecular complexity index is 580. The van der Waals surface area contributed by atoms with E-state index < -0.39 is 0 Å². The second-order valence-electron chi connectivity index (χ2n) is 3.75. The lowest BCUT2D eigenvalue weighted by atomic mass is 10.2. The monoisotopic (exact) mass is 360 g/mol. The van der Waals surface area contributed by atoms with Crippen LogP contribution >= 0.6 is 38.8 Å². The highest BCUT2D eigenvalue weighted by atomic mass is 79.9. The van der Waals surface area contributed by atoms with E-state index in [1.54, 1.807) is 18.3 Å². The molecule has 0 spiro atoms. The first-order chi connectivity index (χ1) is 9.11. The van der Waals surface area contributed by atoms with E-state index in [4.69, 9.17) is 4.74 Å². The molecule has 0 aliphatic heterocycles. The lowest BCUT2D eigenvalue weighted by molar-refractivity contribution is 0.0527. The minimum atomic E-state index is -0.316. The number of nitrogens with zero attached hydrogens (tertiary/aromatic N) is 1. The molecule has 7 heteroatoms. The van der Waals surface area contributed by atoms with Crippen LogP contribution in [0.4, 0.5) is 5.00 Å². The first-order valence-corrected chi connectivity index (χ1v) is 8.11. The average molecular weight is 361 g/mol. The number of aryl methyl sites for hydroxylation is 1. The molecule has 102 valence electrons. The Labute approximate surface area is 128 Å². The Morgan fingerprint density at radius 3 is 2.95 bits per heavy atom. The molecule has 2 aromatic rings. The summed E-state index contributed by atoms with van der Waals surface area (Å²) in [5.74, 6) is -0.316. The van der Waals surface area contributed by atoms with Crippen molar-refractivity contribution < 1.29 is 9.53 Å². The van der Waals surface area contributed by atoms with Gasteiger partial charge in [0, 0.05) is 4.88 Å². The number of halogens is 1. The van der Waals surface area contributed by atoms with E-state index in [0.29, 0.717) is 24.4 Å². The molecular formula is C12H13BrN2O2S2. The smallest absolute Gasteiger partial charge is 0.343 e. The van der Waals surface area contributed by atoms with Crippen LogP contribution in [0.5, 0.6) is 0 Å². The lowest BCUT2D eigenvalue weighted by Gasteiger charge is -2.05. The number of aromatic nitrogens is 1. The highest BCUT2D eigenvalue weighted by Crippen LogP contribution is 2.28. The summed E-state index contributed by atoms with van der Waals surface area (Å²) >= 11 is 6.38. The van der Waals surface area contributed by atoms with Crippen molar-refractivity contribution in [3.05, 3.63) is 32.1 Å².